The summed E-state index contributed by atoms with van der Waals surface area (Å²) in [6, 6.07) is 0. The zero-order valence-corrected chi connectivity index (χ0v) is 68.0. The summed E-state index contributed by atoms with van der Waals surface area (Å²) >= 11 is 0. The van der Waals surface area contributed by atoms with Crippen molar-refractivity contribution >= 4 is 17.9 Å². The molecule has 0 aromatic heterocycles. The molecule has 0 spiro atoms. The highest BCUT2D eigenvalue weighted by atomic mass is 16.7. The highest BCUT2D eigenvalue weighted by molar-refractivity contribution is 5.71. The topological polar surface area (TPSA) is 108 Å². The summed E-state index contributed by atoms with van der Waals surface area (Å²) in [5, 5.41) is 9.79. The zero-order chi connectivity index (χ0) is 71.8. The number of rotatable bonds is 87. The third-order valence-electron chi connectivity index (χ3n) is 21.4. The zero-order valence-electron chi connectivity index (χ0n) is 68.0. The van der Waals surface area contributed by atoms with E-state index in [1.807, 2.05) is 21.1 Å². The quantitative estimate of drug-likeness (QED) is 0.0278. The predicted octanol–water partition coefficient (Wildman–Crippen LogP) is 29.3. The van der Waals surface area contributed by atoms with Gasteiger partial charge in [-0.1, -0.05) is 476 Å². The second-order valence-corrected chi connectivity index (χ2v) is 32.6. The van der Waals surface area contributed by atoms with Gasteiger partial charge in [-0.05, 0) is 12.8 Å². The number of nitrogens with zero attached hydrogens (tertiary/aromatic N) is 1. The van der Waals surface area contributed by atoms with Gasteiger partial charge in [0, 0.05) is 12.8 Å². The number of carbonyl (C=O) groups is 3. The van der Waals surface area contributed by atoms with E-state index in [0.717, 1.165) is 38.5 Å². The Morgan fingerprint density at radius 3 is 0.646 bits per heavy atom. The second kappa shape index (κ2) is 82.0. The fourth-order valence-electron chi connectivity index (χ4n) is 14.5. The van der Waals surface area contributed by atoms with Crippen molar-refractivity contribution in [2.45, 2.75) is 514 Å². The number of unbranched alkanes of at least 4 members (excludes halogenated alkanes) is 72. The maximum atomic E-state index is 13.0. The van der Waals surface area contributed by atoms with Gasteiger partial charge in [0.25, 0.3) is 6.29 Å². The summed E-state index contributed by atoms with van der Waals surface area (Å²) in [7, 11) is 6.01. The van der Waals surface area contributed by atoms with Crippen molar-refractivity contribution in [1.82, 2.24) is 0 Å². The number of likely N-dealkylation sites (N-methyl/N-ethyl adjacent to an activating group) is 1. The highest BCUT2D eigenvalue weighted by Gasteiger charge is 2.25. The van der Waals surface area contributed by atoms with E-state index in [1.165, 1.54) is 437 Å². The van der Waals surface area contributed by atoms with Gasteiger partial charge in [-0.15, -0.1) is 0 Å². The number of aliphatic carboxylic acids is 1. The van der Waals surface area contributed by atoms with Crippen LogP contribution in [-0.2, 0) is 33.3 Å². The predicted molar refractivity (Wildman–Crippen MR) is 429 cm³/mol. The van der Waals surface area contributed by atoms with E-state index in [1.54, 1.807) is 0 Å². The van der Waals surface area contributed by atoms with Crippen LogP contribution in [0.2, 0.25) is 0 Å². The average molecular weight is 1400 g/mol. The number of hydrogen-bond donors (Lipinski definition) is 1. The van der Waals surface area contributed by atoms with Crippen LogP contribution in [0.1, 0.15) is 502 Å². The first-order valence-corrected chi connectivity index (χ1v) is 45.2. The fraction of sp³-hybridized carbons (Fsp3) is 0.967. The lowest BCUT2D eigenvalue weighted by Crippen LogP contribution is -2.40. The van der Waals surface area contributed by atoms with Gasteiger partial charge in [0.15, 0.2) is 6.10 Å². The molecule has 0 aromatic carbocycles. The molecule has 0 bridgehead atoms. The molecule has 0 amide bonds. The molecule has 0 saturated heterocycles. The number of esters is 2. The lowest BCUT2D eigenvalue weighted by Gasteiger charge is -2.25. The summed E-state index contributed by atoms with van der Waals surface area (Å²) < 4.78 is 23.1. The molecule has 0 aliphatic heterocycles. The number of quaternary nitrogens is 1. The summed E-state index contributed by atoms with van der Waals surface area (Å²) in [4.78, 5) is 37.8. The van der Waals surface area contributed by atoms with Gasteiger partial charge < -0.3 is 28.5 Å². The Labute approximate surface area is 619 Å². The Bertz CT molecular complexity index is 1580. The van der Waals surface area contributed by atoms with Gasteiger partial charge in [-0.2, -0.15) is 0 Å². The van der Waals surface area contributed by atoms with Crippen LogP contribution >= 0.6 is 0 Å². The van der Waals surface area contributed by atoms with Gasteiger partial charge in [0.1, 0.15) is 13.2 Å². The minimum absolute atomic E-state index is 0.171. The summed E-state index contributed by atoms with van der Waals surface area (Å²) in [6.07, 6.45) is 100. The number of carbonyl (C=O) groups excluding carboxylic acids is 2. The molecule has 0 radical (unpaired) electrons. The molecular weight excluding hydrogens is 1220 g/mol. The Morgan fingerprint density at radius 2 is 0.455 bits per heavy atom. The first-order valence-electron chi connectivity index (χ1n) is 45.2. The smallest absolute Gasteiger partial charge is 0.361 e. The van der Waals surface area contributed by atoms with E-state index < -0.39 is 18.4 Å². The lowest BCUT2D eigenvalue weighted by atomic mass is 10.0. The Balaban J connectivity index is 3.87. The lowest BCUT2D eigenvalue weighted by molar-refractivity contribution is -0.870. The minimum atomic E-state index is -1.51. The maximum absolute atomic E-state index is 13.0. The third kappa shape index (κ3) is 83.4. The Kier molecular flexibility index (Phi) is 80.5. The van der Waals surface area contributed by atoms with Crippen LogP contribution in [0.4, 0.5) is 0 Å². The molecular formula is C90H178NO8+. The summed E-state index contributed by atoms with van der Waals surface area (Å²) in [5.41, 5.74) is 0. The monoisotopic (exact) mass is 1400 g/mol. The number of carboxylic acid groups (broad SMARTS) is 1. The van der Waals surface area contributed by atoms with E-state index in [-0.39, 0.29) is 38.2 Å². The molecule has 590 valence electrons. The van der Waals surface area contributed by atoms with Crippen molar-refractivity contribution in [3.63, 3.8) is 0 Å². The van der Waals surface area contributed by atoms with E-state index in [4.69, 9.17) is 18.9 Å². The normalized spacial score (nSPS) is 12.5. The van der Waals surface area contributed by atoms with E-state index in [9.17, 15) is 19.5 Å². The molecule has 0 heterocycles. The van der Waals surface area contributed by atoms with Gasteiger partial charge in [-0.3, -0.25) is 9.59 Å². The summed E-state index contributed by atoms with van der Waals surface area (Å²) in [6.45, 7) is 5.00. The van der Waals surface area contributed by atoms with Gasteiger partial charge in [-0.25, -0.2) is 4.79 Å². The molecule has 0 aliphatic carbocycles. The van der Waals surface area contributed by atoms with Crippen molar-refractivity contribution in [2.75, 3.05) is 47.5 Å². The molecule has 0 rings (SSSR count). The standard InChI is InChI=1S/C90H177NO8/c1-6-8-10-12-14-16-18-20-22-24-26-28-30-32-34-36-38-40-42-43-44-45-46-47-49-51-53-55-57-59-61-63-65-67-69-71-73-75-77-79-81-88(93)99-86(85-98-90(89(94)95)96-83-82-91(3,4)5)84-97-87(92)80-78-76-74-72-70-68-66-64-62-60-58-56-54-52-50-48-41-39-37-35-33-31-29-27-25-23-21-19-17-15-13-11-9-7-2/h86,90H,6-85H2,1-5H3/p+1. The van der Waals surface area contributed by atoms with Crippen LogP contribution < -0.4 is 0 Å². The highest BCUT2D eigenvalue weighted by Crippen LogP contribution is 2.22. The molecule has 2 atom stereocenters. The third-order valence-corrected chi connectivity index (χ3v) is 21.4. The molecule has 0 aliphatic rings. The Hall–Kier alpha value is -1.71. The molecule has 0 aromatic rings. The maximum Gasteiger partial charge on any atom is 0.361 e. The van der Waals surface area contributed by atoms with Gasteiger partial charge in [0.2, 0.25) is 0 Å². The number of carboxylic acids is 1. The Morgan fingerprint density at radius 1 is 0.263 bits per heavy atom. The van der Waals surface area contributed by atoms with Crippen molar-refractivity contribution in [2.24, 2.45) is 0 Å². The van der Waals surface area contributed by atoms with Crippen LogP contribution in [0, 0.1) is 0 Å². The van der Waals surface area contributed by atoms with E-state index >= 15 is 0 Å². The van der Waals surface area contributed by atoms with Crippen LogP contribution in [0.3, 0.4) is 0 Å². The minimum Gasteiger partial charge on any atom is -0.477 e. The second-order valence-electron chi connectivity index (χ2n) is 32.6. The van der Waals surface area contributed by atoms with Crippen LogP contribution in [0.5, 0.6) is 0 Å². The SMILES string of the molecule is CCCCCCCCCCCCCCCCCCCCCCCCCCCCCCCCCCCCCCCCCCC(=O)OC(COC(=O)CCCCCCCCCCCCCCCCCCCCCCCCCCCCCCCCCCCC)COC(OCC[N+](C)(C)C)C(=O)O. The molecule has 2 unspecified atom stereocenters. The number of hydrogen-bond acceptors (Lipinski definition) is 7. The van der Waals surface area contributed by atoms with Gasteiger partial charge in [0.05, 0.1) is 34.4 Å². The number of ether oxygens (including phenoxy) is 4. The molecule has 99 heavy (non-hydrogen) atoms. The fourth-order valence-corrected chi connectivity index (χ4v) is 14.5. The van der Waals surface area contributed by atoms with E-state index in [2.05, 4.69) is 13.8 Å². The molecule has 0 fully saturated rings. The molecule has 1 N–H and O–H groups in total. The van der Waals surface area contributed by atoms with E-state index in [0.29, 0.717) is 17.4 Å². The molecule has 0 saturated carbocycles. The van der Waals surface area contributed by atoms with Crippen molar-refractivity contribution in [3.05, 3.63) is 0 Å². The van der Waals surface area contributed by atoms with Crippen molar-refractivity contribution < 1.29 is 42.9 Å². The molecule has 9 nitrogen and oxygen atoms in total. The molecule has 9 heteroatoms. The van der Waals surface area contributed by atoms with Crippen LogP contribution in [0.25, 0.3) is 0 Å². The van der Waals surface area contributed by atoms with Crippen LogP contribution in [-0.4, -0.2) is 87.4 Å². The van der Waals surface area contributed by atoms with Crippen molar-refractivity contribution in [3.8, 4) is 0 Å². The van der Waals surface area contributed by atoms with Gasteiger partial charge >= 0.3 is 17.9 Å². The first-order chi connectivity index (χ1) is 48.6. The summed E-state index contributed by atoms with van der Waals surface area (Å²) in [5.74, 6) is -1.96. The average Bonchev–Trinajstić information content (AvgIpc) is 1.16. The van der Waals surface area contributed by atoms with Crippen LogP contribution in [0.15, 0.2) is 0 Å². The van der Waals surface area contributed by atoms with Crippen molar-refractivity contribution in [1.29, 1.82) is 0 Å². The first kappa shape index (κ1) is 97.3. The largest absolute Gasteiger partial charge is 0.477 e.